The van der Waals surface area contributed by atoms with Crippen molar-refractivity contribution in [2.24, 2.45) is 5.90 Å². The highest BCUT2D eigenvalue weighted by Gasteiger charge is 2.06. The fourth-order valence-electron chi connectivity index (χ4n) is 1.32. The van der Waals surface area contributed by atoms with Gasteiger partial charge in [-0.2, -0.15) is 0 Å². The van der Waals surface area contributed by atoms with E-state index in [1.165, 1.54) is 5.56 Å². The maximum Gasteiger partial charge on any atom is 0.119 e. The zero-order valence-electron chi connectivity index (χ0n) is 9.72. The summed E-state index contributed by atoms with van der Waals surface area (Å²) in [6.45, 7) is 4.50. The van der Waals surface area contributed by atoms with E-state index in [2.05, 4.69) is 24.8 Å². The molecule has 0 saturated carbocycles. The van der Waals surface area contributed by atoms with Crippen LogP contribution >= 0.6 is 0 Å². The zero-order valence-corrected chi connectivity index (χ0v) is 9.72. The van der Waals surface area contributed by atoms with Crippen molar-refractivity contribution in [1.82, 2.24) is 0 Å². The molecular weight excluding hydrogens is 206 g/mol. The molecule has 3 N–H and O–H groups in total. The molecule has 0 saturated heterocycles. The summed E-state index contributed by atoms with van der Waals surface area (Å²) in [6, 6.07) is 7.83. The molecule has 0 fully saturated rings. The van der Waals surface area contributed by atoms with Gasteiger partial charge in [0.15, 0.2) is 0 Å². The molecule has 0 aliphatic heterocycles. The van der Waals surface area contributed by atoms with Crippen LogP contribution in [0.1, 0.15) is 25.3 Å². The van der Waals surface area contributed by atoms with Gasteiger partial charge in [0.05, 0.1) is 6.61 Å². The molecule has 0 bridgehead atoms. The number of nitrogens with two attached hydrogens (primary N) is 1. The Morgan fingerprint density at radius 1 is 1.31 bits per heavy atom. The molecule has 0 amide bonds. The standard InChI is InChI=1S/C12H19NO3/c1-9(2)10-4-3-5-12(6-10)15-7-11(14)8-16-13/h3-6,9,11,14H,7-8,13H2,1-2H3. The molecule has 1 rings (SSSR count). The number of aliphatic hydroxyl groups is 1. The molecule has 4 nitrogen and oxygen atoms in total. The van der Waals surface area contributed by atoms with Crippen LogP contribution in [0.2, 0.25) is 0 Å². The normalized spacial score (nSPS) is 12.8. The van der Waals surface area contributed by atoms with E-state index in [-0.39, 0.29) is 13.2 Å². The van der Waals surface area contributed by atoms with Gasteiger partial charge in [-0.05, 0) is 23.6 Å². The minimum Gasteiger partial charge on any atom is -0.491 e. The Bertz CT molecular complexity index is 315. The van der Waals surface area contributed by atoms with Crippen LogP contribution < -0.4 is 10.6 Å². The van der Waals surface area contributed by atoms with Crippen LogP contribution in [0.15, 0.2) is 24.3 Å². The van der Waals surface area contributed by atoms with Crippen molar-refractivity contribution >= 4 is 0 Å². The van der Waals surface area contributed by atoms with E-state index in [4.69, 9.17) is 10.6 Å². The Labute approximate surface area is 95.9 Å². The lowest BCUT2D eigenvalue weighted by Gasteiger charge is -2.12. The van der Waals surface area contributed by atoms with Gasteiger partial charge in [-0.3, -0.25) is 0 Å². The minimum absolute atomic E-state index is 0.0733. The number of benzene rings is 1. The van der Waals surface area contributed by atoms with E-state index in [0.717, 1.165) is 5.75 Å². The van der Waals surface area contributed by atoms with Gasteiger partial charge in [0, 0.05) is 0 Å². The first-order chi connectivity index (χ1) is 7.63. The summed E-state index contributed by atoms with van der Waals surface area (Å²) in [6.07, 6.45) is -0.701. The molecule has 1 unspecified atom stereocenters. The monoisotopic (exact) mass is 225 g/mol. The average molecular weight is 225 g/mol. The fourth-order valence-corrected chi connectivity index (χ4v) is 1.32. The van der Waals surface area contributed by atoms with Gasteiger partial charge in [-0.25, -0.2) is 5.90 Å². The molecule has 1 aromatic carbocycles. The Balaban J connectivity index is 2.50. The second-order valence-electron chi connectivity index (χ2n) is 4.03. The summed E-state index contributed by atoms with van der Waals surface area (Å²) < 4.78 is 5.43. The van der Waals surface area contributed by atoms with Crippen LogP contribution in [0.3, 0.4) is 0 Å². The second-order valence-corrected chi connectivity index (χ2v) is 4.03. The van der Waals surface area contributed by atoms with Crippen molar-refractivity contribution in [3.63, 3.8) is 0 Å². The van der Waals surface area contributed by atoms with Crippen molar-refractivity contribution in [1.29, 1.82) is 0 Å². The second kappa shape index (κ2) is 6.48. The predicted molar refractivity (Wildman–Crippen MR) is 62.2 cm³/mol. The van der Waals surface area contributed by atoms with E-state index < -0.39 is 6.10 Å². The SMILES string of the molecule is CC(C)c1cccc(OCC(O)CON)c1. The first-order valence-electron chi connectivity index (χ1n) is 5.36. The highest BCUT2D eigenvalue weighted by Crippen LogP contribution is 2.20. The van der Waals surface area contributed by atoms with Crippen molar-refractivity contribution in [3.8, 4) is 5.75 Å². The quantitative estimate of drug-likeness (QED) is 0.719. The van der Waals surface area contributed by atoms with Crippen molar-refractivity contribution in [3.05, 3.63) is 29.8 Å². The van der Waals surface area contributed by atoms with Gasteiger partial charge >= 0.3 is 0 Å². The fraction of sp³-hybridized carbons (Fsp3) is 0.500. The topological polar surface area (TPSA) is 64.7 Å². The smallest absolute Gasteiger partial charge is 0.119 e. The lowest BCUT2D eigenvalue weighted by atomic mass is 10.0. The van der Waals surface area contributed by atoms with E-state index in [9.17, 15) is 5.11 Å². The van der Waals surface area contributed by atoms with Crippen molar-refractivity contribution in [2.75, 3.05) is 13.2 Å². The third kappa shape index (κ3) is 4.18. The maximum atomic E-state index is 9.36. The number of aliphatic hydroxyl groups excluding tert-OH is 1. The Morgan fingerprint density at radius 2 is 2.06 bits per heavy atom. The first kappa shape index (κ1) is 13.0. The molecule has 90 valence electrons. The maximum absolute atomic E-state index is 9.36. The molecule has 4 heteroatoms. The van der Waals surface area contributed by atoms with E-state index in [1.807, 2.05) is 18.2 Å². The van der Waals surface area contributed by atoms with Gasteiger partial charge in [-0.15, -0.1) is 0 Å². The Hall–Kier alpha value is -1.10. The van der Waals surface area contributed by atoms with E-state index in [1.54, 1.807) is 0 Å². The number of hydrogen-bond donors (Lipinski definition) is 2. The molecule has 0 radical (unpaired) electrons. The number of ether oxygens (including phenoxy) is 1. The van der Waals surface area contributed by atoms with Crippen LogP contribution in [0.5, 0.6) is 5.75 Å². The first-order valence-corrected chi connectivity index (χ1v) is 5.36. The summed E-state index contributed by atoms with van der Waals surface area (Å²) in [5.74, 6) is 6.06. The van der Waals surface area contributed by atoms with Gasteiger partial charge in [0.25, 0.3) is 0 Å². The highest BCUT2D eigenvalue weighted by atomic mass is 16.6. The molecule has 1 atom stereocenters. The number of rotatable bonds is 6. The van der Waals surface area contributed by atoms with Crippen LogP contribution in [-0.4, -0.2) is 24.4 Å². The molecule has 1 aromatic rings. The molecule has 0 aliphatic carbocycles. The summed E-state index contributed by atoms with van der Waals surface area (Å²) in [5.41, 5.74) is 1.21. The Kier molecular flexibility index (Phi) is 5.25. The van der Waals surface area contributed by atoms with E-state index >= 15 is 0 Å². The number of hydrogen-bond acceptors (Lipinski definition) is 4. The molecule has 0 aliphatic rings. The van der Waals surface area contributed by atoms with Gasteiger partial charge < -0.3 is 14.7 Å². The summed E-state index contributed by atoms with van der Waals surface area (Å²) in [7, 11) is 0. The zero-order chi connectivity index (χ0) is 12.0. The molecule has 16 heavy (non-hydrogen) atoms. The van der Waals surface area contributed by atoms with Gasteiger partial charge in [0.2, 0.25) is 0 Å². The van der Waals surface area contributed by atoms with Crippen LogP contribution in [-0.2, 0) is 4.84 Å². The summed E-state index contributed by atoms with van der Waals surface area (Å²) in [5, 5.41) is 9.36. The largest absolute Gasteiger partial charge is 0.491 e. The minimum atomic E-state index is -0.701. The van der Waals surface area contributed by atoms with Gasteiger partial charge in [0.1, 0.15) is 18.5 Å². The third-order valence-electron chi connectivity index (χ3n) is 2.26. The lowest BCUT2D eigenvalue weighted by Crippen LogP contribution is -2.25. The average Bonchev–Trinajstić information content (AvgIpc) is 2.27. The molecular formula is C12H19NO3. The summed E-state index contributed by atoms with van der Waals surface area (Å²) >= 11 is 0. The third-order valence-corrected chi connectivity index (χ3v) is 2.26. The van der Waals surface area contributed by atoms with Crippen LogP contribution in [0.25, 0.3) is 0 Å². The molecule has 0 aromatic heterocycles. The highest BCUT2D eigenvalue weighted by molar-refractivity contribution is 5.30. The Morgan fingerprint density at radius 3 is 2.69 bits per heavy atom. The lowest BCUT2D eigenvalue weighted by molar-refractivity contribution is 0.0116. The molecule has 0 heterocycles. The summed E-state index contributed by atoms with van der Waals surface area (Å²) in [4.78, 5) is 4.32. The van der Waals surface area contributed by atoms with Crippen molar-refractivity contribution in [2.45, 2.75) is 25.9 Å². The van der Waals surface area contributed by atoms with Crippen LogP contribution in [0, 0.1) is 0 Å². The molecule has 0 spiro atoms. The van der Waals surface area contributed by atoms with E-state index in [0.29, 0.717) is 5.92 Å². The van der Waals surface area contributed by atoms with Gasteiger partial charge in [-0.1, -0.05) is 26.0 Å². The van der Waals surface area contributed by atoms with Crippen molar-refractivity contribution < 1.29 is 14.7 Å². The predicted octanol–water partition coefficient (Wildman–Crippen LogP) is 1.44. The van der Waals surface area contributed by atoms with Crippen LogP contribution in [0.4, 0.5) is 0 Å².